The molecule has 9 rings (SSSR count). The van der Waals surface area contributed by atoms with Crippen LogP contribution in [-0.2, 0) is 0 Å². The molecule has 0 saturated carbocycles. The Morgan fingerprint density at radius 2 is 0.792 bits per heavy atom. The van der Waals surface area contributed by atoms with Crippen LogP contribution in [0.5, 0.6) is 0 Å². The number of nitrogens with zero attached hydrogens (tertiary/aromatic N) is 2. The summed E-state index contributed by atoms with van der Waals surface area (Å²) in [5.41, 5.74) is 11.8. The quantitative estimate of drug-likeness (QED) is 0.181. The van der Waals surface area contributed by atoms with Crippen molar-refractivity contribution in [3.8, 4) is 27.9 Å². The minimum absolute atomic E-state index is 1.12. The van der Waals surface area contributed by atoms with Gasteiger partial charge in [-0.25, -0.2) is 0 Å². The van der Waals surface area contributed by atoms with E-state index in [1.807, 2.05) is 0 Å². The Morgan fingerprint density at radius 1 is 0.312 bits per heavy atom. The number of anilines is 3. The average Bonchev–Trinajstić information content (AvgIpc) is 3.51. The van der Waals surface area contributed by atoms with Crippen LogP contribution in [0.15, 0.2) is 194 Å². The van der Waals surface area contributed by atoms with Crippen LogP contribution in [0.3, 0.4) is 0 Å². The Kier molecular flexibility index (Phi) is 6.84. The van der Waals surface area contributed by atoms with Gasteiger partial charge in [0.1, 0.15) is 0 Å². The summed E-state index contributed by atoms with van der Waals surface area (Å²) < 4.78 is 2.36. The molecule has 9 aromatic rings. The molecule has 0 saturated heterocycles. The predicted molar refractivity (Wildman–Crippen MR) is 204 cm³/mol. The lowest BCUT2D eigenvalue weighted by molar-refractivity contribution is 1.18. The Bertz CT molecular complexity index is 2480. The third kappa shape index (κ3) is 4.74. The van der Waals surface area contributed by atoms with Gasteiger partial charge in [0.2, 0.25) is 0 Å². The van der Waals surface area contributed by atoms with Gasteiger partial charge >= 0.3 is 0 Å². The zero-order chi connectivity index (χ0) is 31.9. The molecule has 0 fully saturated rings. The number of hydrogen-bond acceptors (Lipinski definition) is 1. The van der Waals surface area contributed by atoms with E-state index in [1.165, 1.54) is 54.8 Å². The molecule has 48 heavy (non-hydrogen) atoms. The van der Waals surface area contributed by atoms with E-state index in [0.717, 1.165) is 22.7 Å². The van der Waals surface area contributed by atoms with Gasteiger partial charge in [-0.15, -0.1) is 0 Å². The van der Waals surface area contributed by atoms with E-state index in [-0.39, 0.29) is 0 Å². The third-order valence-electron chi connectivity index (χ3n) is 9.41. The van der Waals surface area contributed by atoms with Crippen molar-refractivity contribution in [2.75, 3.05) is 4.90 Å². The first kappa shape index (κ1) is 27.9. The second-order valence-electron chi connectivity index (χ2n) is 12.2. The lowest BCUT2D eigenvalue weighted by Gasteiger charge is -2.27. The Morgan fingerprint density at radius 3 is 1.42 bits per heavy atom. The lowest BCUT2D eigenvalue weighted by atomic mass is 9.96. The molecule has 2 nitrogen and oxygen atoms in total. The second-order valence-corrected chi connectivity index (χ2v) is 12.2. The maximum Gasteiger partial charge on any atom is 0.0541 e. The first-order valence-electron chi connectivity index (χ1n) is 16.4. The number of rotatable bonds is 6. The molecule has 0 atom stereocenters. The minimum atomic E-state index is 1.12. The maximum absolute atomic E-state index is 2.37. The van der Waals surface area contributed by atoms with Gasteiger partial charge in [0.15, 0.2) is 0 Å². The fraction of sp³-hybridized carbons (Fsp3) is 0. The fourth-order valence-electron chi connectivity index (χ4n) is 7.16. The summed E-state index contributed by atoms with van der Waals surface area (Å²) in [4.78, 5) is 2.37. The molecule has 8 aromatic carbocycles. The van der Waals surface area contributed by atoms with Gasteiger partial charge < -0.3 is 9.47 Å². The first-order valence-corrected chi connectivity index (χ1v) is 16.4. The highest BCUT2D eigenvalue weighted by molar-refractivity contribution is 6.09. The monoisotopic (exact) mass is 612 g/mol. The topological polar surface area (TPSA) is 8.17 Å². The van der Waals surface area contributed by atoms with Crippen molar-refractivity contribution in [1.29, 1.82) is 0 Å². The largest absolute Gasteiger partial charge is 0.310 e. The molecule has 2 heteroatoms. The highest BCUT2D eigenvalue weighted by Crippen LogP contribution is 2.42. The van der Waals surface area contributed by atoms with Crippen LogP contribution in [0, 0.1) is 0 Å². The molecule has 1 heterocycles. The fourth-order valence-corrected chi connectivity index (χ4v) is 7.16. The highest BCUT2D eigenvalue weighted by Gasteiger charge is 2.17. The van der Waals surface area contributed by atoms with Crippen LogP contribution < -0.4 is 4.90 Å². The van der Waals surface area contributed by atoms with E-state index >= 15 is 0 Å². The number of hydrogen-bond donors (Lipinski definition) is 0. The molecule has 226 valence electrons. The zero-order valence-electron chi connectivity index (χ0n) is 26.4. The summed E-state index contributed by atoms with van der Waals surface area (Å²) in [6.45, 7) is 0. The molecular formula is C46H32N2. The molecule has 0 amide bonds. The van der Waals surface area contributed by atoms with Crippen LogP contribution in [0.25, 0.3) is 60.5 Å². The van der Waals surface area contributed by atoms with Gasteiger partial charge in [0, 0.05) is 33.2 Å². The number of benzene rings is 8. The Hall–Kier alpha value is -6.38. The van der Waals surface area contributed by atoms with E-state index in [4.69, 9.17) is 0 Å². The van der Waals surface area contributed by atoms with E-state index in [2.05, 4.69) is 204 Å². The molecule has 0 bridgehead atoms. The normalized spacial score (nSPS) is 11.3. The Balaban J connectivity index is 1.10. The van der Waals surface area contributed by atoms with Crippen molar-refractivity contribution in [3.05, 3.63) is 194 Å². The highest BCUT2D eigenvalue weighted by atomic mass is 15.1. The Labute approximate surface area is 280 Å². The molecule has 0 aliphatic rings. The van der Waals surface area contributed by atoms with Gasteiger partial charge in [-0.2, -0.15) is 0 Å². The maximum atomic E-state index is 2.37. The van der Waals surface area contributed by atoms with E-state index in [0.29, 0.717) is 0 Å². The van der Waals surface area contributed by atoms with Gasteiger partial charge in [-0.1, -0.05) is 140 Å². The van der Waals surface area contributed by atoms with Crippen molar-refractivity contribution in [1.82, 2.24) is 4.57 Å². The van der Waals surface area contributed by atoms with Crippen LogP contribution in [-0.4, -0.2) is 4.57 Å². The molecular weight excluding hydrogens is 581 g/mol. The van der Waals surface area contributed by atoms with Crippen LogP contribution in [0.1, 0.15) is 0 Å². The summed E-state index contributed by atoms with van der Waals surface area (Å²) in [5.74, 6) is 0. The van der Waals surface area contributed by atoms with Gasteiger partial charge in [0.25, 0.3) is 0 Å². The van der Waals surface area contributed by atoms with E-state index in [1.54, 1.807) is 0 Å². The molecule has 0 radical (unpaired) electrons. The van der Waals surface area contributed by atoms with Crippen LogP contribution >= 0.6 is 0 Å². The van der Waals surface area contributed by atoms with Crippen molar-refractivity contribution >= 4 is 49.6 Å². The van der Waals surface area contributed by atoms with Crippen molar-refractivity contribution in [2.24, 2.45) is 0 Å². The minimum Gasteiger partial charge on any atom is -0.310 e. The standard InChI is InChI=1S/C46H32N2/c1-3-13-35(14-4-1)39-31-32-46(41-18-8-7-17-40(39)41)47(36-15-5-2-6-16-36)37-27-23-33(24-28-37)34-25-29-38(30-26-34)48-44-21-11-9-19-42(44)43-20-10-12-22-45(43)48/h1-32H. The van der Waals surface area contributed by atoms with Gasteiger partial charge in [0.05, 0.1) is 16.7 Å². The number of aromatic nitrogens is 1. The third-order valence-corrected chi connectivity index (χ3v) is 9.41. The van der Waals surface area contributed by atoms with Gasteiger partial charge in [-0.3, -0.25) is 0 Å². The van der Waals surface area contributed by atoms with Crippen molar-refractivity contribution in [2.45, 2.75) is 0 Å². The second kappa shape index (κ2) is 11.8. The molecule has 0 unspecified atom stereocenters. The summed E-state index contributed by atoms with van der Waals surface area (Å²) in [5, 5.41) is 5.01. The summed E-state index contributed by atoms with van der Waals surface area (Å²) in [7, 11) is 0. The lowest BCUT2D eigenvalue weighted by Crippen LogP contribution is -2.10. The first-order chi connectivity index (χ1) is 23.8. The number of fused-ring (bicyclic) bond motifs is 4. The molecule has 0 spiro atoms. The van der Waals surface area contributed by atoms with Crippen molar-refractivity contribution < 1.29 is 0 Å². The van der Waals surface area contributed by atoms with Crippen LogP contribution in [0.2, 0.25) is 0 Å². The smallest absolute Gasteiger partial charge is 0.0541 e. The van der Waals surface area contributed by atoms with E-state index < -0.39 is 0 Å². The molecule has 0 aliphatic carbocycles. The SMILES string of the molecule is c1ccc(-c2ccc(N(c3ccccc3)c3ccc(-c4ccc(-n5c6ccccc6c6ccccc65)cc4)cc3)c3ccccc23)cc1. The summed E-state index contributed by atoms with van der Waals surface area (Å²) in [6, 6.07) is 69.8. The van der Waals surface area contributed by atoms with Crippen LogP contribution in [0.4, 0.5) is 17.1 Å². The summed E-state index contributed by atoms with van der Waals surface area (Å²) in [6.07, 6.45) is 0. The molecule has 0 aliphatic heterocycles. The van der Waals surface area contributed by atoms with E-state index in [9.17, 15) is 0 Å². The predicted octanol–water partition coefficient (Wildman–Crippen LogP) is 12.7. The van der Waals surface area contributed by atoms with Crippen molar-refractivity contribution in [3.63, 3.8) is 0 Å². The number of para-hydroxylation sites is 3. The molecule has 0 N–H and O–H groups in total. The average molecular weight is 613 g/mol. The summed E-state index contributed by atoms with van der Waals surface area (Å²) >= 11 is 0. The molecule has 1 aromatic heterocycles. The van der Waals surface area contributed by atoms with Gasteiger partial charge in [-0.05, 0) is 82.2 Å². The zero-order valence-corrected chi connectivity index (χ0v) is 26.4.